The van der Waals surface area contributed by atoms with Gasteiger partial charge in [-0.05, 0) is 48.2 Å². The summed E-state index contributed by atoms with van der Waals surface area (Å²) in [5.41, 5.74) is 2.73. The molecule has 0 aliphatic carbocycles. The monoisotopic (exact) mass is 340 g/mol. The number of hydrogen-bond donors (Lipinski definition) is 2. The molecule has 0 atom stereocenters. The van der Waals surface area contributed by atoms with Crippen molar-refractivity contribution in [1.29, 1.82) is 0 Å². The molecule has 2 aromatic carbocycles. The van der Waals surface area contributed by atoms with Crippen LogP contribution in [0.5, 0.6) is 5.75 Å². The van der Waals surface area contributed by atoms with Crippen LogP contribution in [-0.4, -0.2) is 18.9 Å². The molecule has 5 nitrogen and oxygen atoms in total. The summed E-state index contributed by atoms with van der Waals surface area (Å²) >= 11 is 0. The summed E-state index contributed by atoms with van der Waals surface area (Å²) in [6.07, 6.45) is 3.30. The van der Waals surface area contributed by atoms with Gasteiger partial charge in [-0.25, -0.2) is 0 Å². The van der Waals surface area contributed by atoms with Crippen molar-refractivity contribution in [3.05, 3.63) is 59.7 Å². The van der Waals surface area contributed by atoms with Crippen molar-refractivity contribution in [2.45, 2.75) is 32.7 Å². The molecule has 2 N–H and O–H groups in total. The minimum atomic E-state index is -0.671. The summed E-state index contributed by atoms with van der Waals surface area (Å²) in [6, 6.07) is 14.9. The zero-order valence-electron chi connectivity index (χ0n) is 14.7. The maximum atomic E-state index is 11.9. The molecule has 2 amide bonds. The van der Waals surface area contributed by atoms with Gasteiger partial charge in [0.1, 0.15) is 5.75 Å². The molecule has 0 saturated heterocycles. The Hall–Kier alpha value is -2.82. The van der Waals surface area contributed by atoms with Crippen LogP contribution in [-0.2, 0) is 22.6 Å². The third-order valence-electron chi connectivity index (χ3n) is 3.85. The van der Waals surface area contributed by atoms with Crippen LogP contribution in [0.1, 0.15) is 30.9 Å². The van der Waals surface area contributed by atoms with Gasteiger partial charge < -0.3 is 15.4 Å². The first-order chi connectivity index (χ1) is 12.1. The van der Waals surface area contributed by atoms with E-state index in [4.69, 9.17) is 4.74 Å². The van der Waals surface area contributed by atoms with Crippen molar-refractivity contribution >= 4 is 17.5 Å². The van der Waals surface area contributed by atoms with Crippen LogP contribution >= 0.6 is 0 Å². The molecule has 0 aliphatic rings. The average molecular weight is 340 g/mol. The third-order valence-corrected chi connectivity index (χ3v) is 3.85. The van der Waals surface area contributed by atoms with Crippen LogP contribution in [0, 0.1) is 0 Å². The second-order valence-electron chi connectivity index (χ2n) is 5.79. The number of carbonyl (C=O) groups is 2. The number of ether oxygens (including phenoxy) is 1. The molecule has 0 saturated carbocycles. The number of rotatable bonds is 7. The zero-order chi connectivity index (χ0) is 18.1. The summed E-state index contributed by atoms with van der Waals surface area (Å²) < 4.78 is 5.08. The van der Waals surface area contributed by atoms with E-state index < -0.39 is 11.8 Å². The maximum Gasteiger partial charge on any atom is 0.313 e. The van der Waals surface area contributed by atoms with E-state index in [1.165, 1.54) is 5.56 Å². The number of unbranched alkanes of at least 4 members (excludes halogenated alkanes) is 1. The first-order valence-electron chi connectivity index (χ1n) is 8.43. The lowest BCUT2D eigenvalue weighted by Gasteiger charge is -2.08. The van der Waals surface area contributed by atoms with Crippen LogP contribution in [0.3, 0.4) is 0 Å². The number of benzene rings is 2. The fourth-order valence-electron chi connectivity index (χ4n) is 2.33. The second-order valence-corrected chi connectivity index (χ2v) is 5.79. The van der Waals surface area contributed by atoms with Gasteiger partial charge in [-0.1, -0.05) is 37.6 Å². The van der Waals surface area contributed by atoms with E-state index in [0.717, 1.165) is 30.6 Å². The van der Waals surface area contributed by atoms with E-state index >= 15 is 0 Å². The van der Waals surface area contributed by atoms with Crippen molar-refractivity contribution in [2.75, 3.05) is 12.4 Å². The zero-order valence-corrected chi connectivity index (χ0v) is 14.7. The Morgan fingerprint density at radius 1 is 0.920 bits per heavy atom. The molecule has 0 radical (unpaired) electrons. The van der Waals surface area contributed by atoms with E-state index in [-0.39, 0.29) is 6.54 Å². The maximum absolute atomic E-state index is 11.9. The largest absolute Gasteiger partial charge is 0.497 e. The van der Waals surface area contributed by atoms with Crippen molar-refractivity contribution in [2.24, 2.45) is 0 Å². The highest BCUT2D eigenvalue weighted by Gasteiger charge is 2.13. The Balaban J connectivity index is 1.81. The molecule has 2 rings (SSSR count). The summed E-state index contributed by atoms with van der Waals surface area (Å²) in [5.74, 6) is -0.587. The highest BCUT2D eigenvalue weighted by atomic mass is 16.5. The Kier molecular flexibility index (Phi) is 7.01. The summed E-state index contributed by atoms with van der Waals surface area (Å²) in [7, 11) is 1.59. The van der Waals surface area contributed by atoms with Gasteiger partial charge in [0.15, 0.2) is 0 Å². The van der Waals surface area contributed by atoms with Gasteiger partial charge in [-0.3, -0.25) is 9.59 Å². The average Bonchev–Trinajstić information content (AvgIpc) is 2.65. The van der Waals surface area contributed by atoms with E-state index in [1.54, 1.807) is 7.11 Å². The highest BCUT2D eigenvalue weighted by molar-refractivity contribution is 6.39. The van der Waals surface area contributed by atoms with Crippen LogP contribution in [0.4, 0.5) is 5.69 Å². The predicted molar refractivity (Wildman–Crippen MR) is 98.5 cm³/mol. The molecule has 132 valence electrons. The van der Waals surface area contributed by atoms with Crippen molar-refractivity contribution in [3.63, 3.8) is 0 Å². The minimum Gasteiger partial charge on any atom is -0.497 e. The van der Waals surface area contributed by atoms with Crippen LogP contribution in [0.25, 0.3) is 0 Å². The predicted octanol–water partition coefficient (Wildman–Crippen LogP) is 3.29. The van der Waals surface area contributed by atoms with Crippen LogP contribution in [0.2, 0.25) is 0 Å². The fourth-order valence-corrected chi connectivity index (χ4v) is 2.33. The summed E-state index contributed by atoms with van der Waals surface area (Å²) in [5, 5.41) is 5.21. The quantitative estimate of drug-likeness (QED) is 0.760. The SMILES string of the molecule is CCCCc1ccc(NC(=O)C(=O)NCc2ccc(OC)cc2)cc1. The number of aryl methyl sites for hydroxylation is 1. The van der Waals surface area contributed by atoms with E-state index in [2.05, 4.69) is 17.6 Å². The lowest BCUT2D eigenvalue weighted by molar-refractivity contribution is -0.136. The molecule has 0 bridgehead atoms. The molecule has 0 spiro atoms. The molecule has 0 unspecified atom stereocenters. The Morgan fingerprint density at radius 3 is 2.16 bits per heavy atom. The summed E-state index contributed by atoms with van der Waals surface area (Å²) in [6.45, 7) is 2.44. The standard InChI is InChI=1S/C20H24N2O3/c1-3-4-5-15-6-10-17(11-7-15)22-20(24)19(23)21-14-16-8-12-18(25-2)13-9-16/h6-13H,3-5,14H2,1-2H3,(H,21,23)(H,22,24). The number of nitrogens with one attached hydrogen (secondary N) is 2. The lowest BCUT2D eigenvalue weighted by atomic mass is 10.1. The number of carbonyl (C=O) groups excluding carboxylic acids is 2. The number of anilines is 1. The van der Waals surface area contributed by atoms with E-state index in [9.17, 15) is 9.59 Å². The normalized spacial score (nSPS) is 10.2. The fraction of sp³-hybridized carbons (Fsp3) is 0.300. The Labute approximate surface area is 148 Å². The van der Waals surface area contributed by atoms with E-state index in [0.29, 0.717) is 5.69 Å². The van der Waals surface area contributed by atoms with Gasteiger partial charge in [0.2, 0.25) is 0 Å². The molecule has 25 heavy (non-hydrogen) atoms. The molecule has 0 fully saturated rings. The molecule has 0 aromatic heterocycles. The third kappa shape index (κ3) is 5.95. The first-order valence-corrected chi connectivity index (χ1v) is 8.43. The van der Waals surface area contributed by atoms with Crippen molar-refractivity contribution in [3.8, 4) is 5.75 Å². The topological polar surface area (TPSA) is 67.4 Å². The van der Waals surface area contributed by atoms with Crippen molar-refractivity contribution < 1.29 is 14.3 Å². The van der Waals surface area contributed by atoms with Crippen molar-refractivity contribution in [1.82, 2.24) is 5.32 Å². The smallest absolute Gasteiger partial charge is 0.313 e. The van der Waals surface area contributed by atoms with E-state index in [1.807, 2.05) is 48.5 Å². The summed E-state index contributed by atoms with van der Waals surface area (Å²) in [4.78, 5) is 23.9. The first kappa shape index (κ1) is 18.5. The molecule has 0 heterocycles. The Morgan fingerprint density at radius 2 is 1.56 bits per heavy atom. The van der Waals surface area contributed by atoms with Gasteiger partial charge in [0.25, 0.3) is 0 Å². The van der Waals surface area contributed by atoms with Gasteiger partial charge in [-0.2, -0.15) is 0 Å². The molecular weight excluding hydrogens is 316 g/mol. The van der Waals surface area contributed by atoms with Gasteiger partial charge in [0, 0.05) is 12.2 Å². The van der Waals surface area contributed by atoms with Gasteiger partial charge in [-0.15, -0.1) is 0 Å². The van der Waals surface area contributed by atoms with Gasteiger partial charge in [0.05, 0.1) is 7.11 Å². The molecular formula is C20H24N2O3. The molecule has 2 aromatic rings. The number of methoxy groups -OCH3 is 1. The number of hydrogen-bond acceptors (Lipinski definition) is 3. The molecule has 0 aliphatic heterocycles. The van der Waals surface area contributed by atoms with Gasteiger partial charge >= 0.3 is 11.8 Å². The lowest BCUT2D eigenvalue weighted by Crippen LogP contribution is -2.34. The Bertz CT molecular complexity index is 694. The minimum absolute atomic E-state index is 0.284. The second kappa shape index (κ2) is 9.47. The highest BCUT2D eigenvalue weighted by Crippen LogP contribution is 2.12. The number of amides is 2. The van der Waals surface area contributed by atoms with Crippen LogP contribution in [0.15, 0.2) is 48.5 Å². The molecule has 5 heteroatoms. The van der Waals surface area contributed by atoms with Crippen LogP contribution < -0.4 is 15.4 Å².